The highest BCUT2D eigenvalue weighted by Crippen LogP contribution is 2.35. The highest BCUT2D eigenvalue weighted by atomic mass is 35.5. The zero-order valence-corrected chi connectivity index (χ0v) is 8.39. The van der Waals surface area contributed by atoms with Crippen molar-refractivity contribution in [1.82, 2.24) is 4.90 Å². The molecule has 2 fully saturated rings. The van der Waals surface area contributed by atoms with Gasteiger partial charge in [-0.2, -0.15) is 0 Å². The van der Waals surface area contributed by atoms with Crippen LogP contribution in [0, 0.1) is 5.92 Å². The van der Waals surface area contributed by atoms with E-state index >= 15 is 0 Å². The second-order valence-electron chi connectivity index (χ2n) is 4.13. The van der Waals surface area contributed by atoms with Gasteiger partial charge in [0.25, 0.3) is 0 Å². The van der Waals surface area contributed by atoms with E-state index < -0.39 is 0 Å². The summed E-state index contributed by atoms with van der Waals surface area (Å²) in [7, 11) is 0. The molecule has 1 aliphatic carbocycles. The van der Waals surface area contributed by atoms with Gasteiger partial charge in [-0.3, -0.25) is 4.90 Å². The van der Waals surface area contributed by atoms with E-state index in [2.05, 4.69) is 4.90 Å². The van der Waals surface area contributed by atoms with Gasteiger partial charge in [-0.1, -0.05) is 12.8 Å². The molecule has 1 nitrogen and oxygen atoms in total. The van der Waals surface area contributed by atoms with E-state index in [0.29, 0.717) is 0 Å². The fourth-order valence-electron chi connectivity index (χ4n) is 2.89. The van der Waals surface area contributed by atoms with Gasteiger partial charge in [0, 0.05) is 18.5 Å². The number of alkyl halides is 1. The van der Waals surface area contributed by atoms with Gasteiger partial charge >= 0.3 is 0 Å². The Balaban J connectivity index is 1.92. The quantitative estimate of drug-likeness (QED) is 0.601. The van der Waals surface area contributed by atoms with E-state index in [4.69, 9.17) is 11.6 Å². The van der Waals surface area contributed by atoms with Crippen LogP contribution in [0.1, 0.15) is 32.1 Å². The number of fused-ring (bicyclic) bond motifs is 1. The van der Waals surface area contributed by atoms with Crippen molar-refractivity contribution in [2.45, 2.75) is 38.1 Å². The molecule has 0 amide bonds. The fourth-order valence-corrected chi connectivity index (χ4v) is 3.11. The lowest BCUT2D eigenvalue weighted by Gasteiger charge is -2.31. The van der Waals surface area contributed by atoms with Gasteiger partial charge in [-0.15, -0.1) is 11.6 Å². The van der Waals surface area contributed by atoms with Crippen molar-refractivity contribution in [2.75, 3.05) is 19.0 Å². The standard InChI is InChI=1S/C10H18ClN/c11-6-8-12-7-5-9-3-1-2-4-10(9)12/h9-10H,1-8H2. The van der Waals surface area contributed by atoms with Crippen molar-refractivity contribution in [1.29, 1.82) is 0 Å². The van der Waals surface area contributed by atoms with Crippen molar-refractivity contribution in [3.8, 4) is 0 Å². The van der Waals surface area contributed by atoms with Crippen LogP contribution in [0.3, 0.4) is 0 Å². The Labute approximate surface area is 80.1 Å². The van der Waals surface area contributed by atoms with Crippen molar-refractivity contribution in [2.24, 2.45) is 5.92 Å². The first-order valence-electron chi connectivity index (χ1n) is 5.22. The van der Waals surface area contributed by atoms with E-state index in [1.165, 1.54) is 38.6 Å². The summed E-state index contributed by atoms with van der Waals surface area (Å²) in [4.78, 5) is 2.61. The maximum atomic E-state index is 5.77. The Kier molecular flexibility index (Phi) is 2.92. The van der Waals surface area contributed by atoms with E-state index in [1.807, 2.05) is 0 Å². The predicted octanol–water partition coefficient (Wildman–Crippen LogP) is 2.49. The minimum Gasteiger partial charge on any atom is -0.299 e. The average molecular weight is 188 g/mol. The van der Waals surface area contributed by atoms with Crippen molar-refractivity contribution in [3.63, 3.8) is 0 Å². The lowest BCUT2D eigenvalue weighted by atomic mass is 9.85. The van der Waals surface area contributed by atoms with Crippen LogP contribution < -0.4 is 0 Å². The first kappa shape index (κ1) is 8.83. The monoisotopic (exact) mass is 187 g/mol. The number of halogens is 1. The molecule has 0 bridgehead atoms. The zero-order valence-electron chi connectivity index (χ0n) is 7.64. The molecule has 2 aliphatic rings. The molecular formula is C10H18ClN. The Morgan fingerprint density at radius 2 is 2.00 bits per heavy atom. The highest BCUT2D eigenvalue weighted by molar-refractivity contribution is 6.18. The van der Waals surface area contributed by atoms with Gasteiger partial charge < -0.3 is 0 Å². The van der Waals surface area contributed by atoms with Crippen LogP contribution >= 0.6 is 11.6 Å². The predicted molar refractivity (Wildman–Crippen MR) is 52.7 cm³/mol. The molecule has 2 rings (SSSR count). The van der Waals surface area contributed by atoms with E-state index in [-0.39, 0.29) is 0 Å². The summed E-state index contributed by atoms with van der Waals surface area (Å²) in [5.41, 5.74) is 0. The van der Waals surface area contributed by atoms with Gasteiger partial charge in [0.05, 0.1) is 0 Å². The smallest absolute Gasteiger partial charge is 0.0351 e. The first-order chi connectivity index (χ1) is 5.92. The number of hydrogen-bond acceptors (Lipinski definition) is 1. The second kappa shape index (κ2) is 3.97. The number of rotatable bonds is 2. The summed E-state index contributed by atoms with van der Waals surface area (Å²) in [5, 5.41) is 0. The van der Waals surface area contributed by atoms with Gasteiger partial charge in [0.1, 0.15) is 0 Å². The van der Waals surface area contributed by atoms with Crippen LogP contribution in [-0.4, -0.2) is 29.9 Å². The third kappa shape index (κ3) is 1.62. The number of nitrogens with zero attached hydrogens (tertiary/aromatic N) is 1. The lowest BCUT2D eigenvalue weighted by molar-refractivity contribution is 0.191. The van der Waals surface area contributed by atoms with Crippen molar-refractivity contribution < 1.29 is 0 Å². The Bertz CT molecular complexity index is 149. The molecule has 0 N–H and O–H groups in total. The first-order valence-corrected chi connectivity index (χ1v) is 5.75. The van der Waals surface area contributed by atoms with Crippen LogP contribution in [0.4, 0.5) is 0 Å². The summed E-state index contributed by atoms with van der Waals surface area (Å²) in [6, 6.07) is 0.900. The molecule has 0 aromatic heterocycles. The van der Waals surface area contributed by atoms with Crippen LogP contribution in [0.15, 0.2) is 0 Å². The van der Waals surface area contributed by atoms with E-state index in [9.17, 15) is 0 Å². The molecule has 0 radical (unpaired) electrons. The number of likely N-dealkylation sites (tertiary alicyclic amines) is 1. The lowest BCUT2D eigenvalue weighted by Crippen LogP contribution is -2.35. The summed E-state index contributed by atoms with van der Waals surface area (Å²) < 4.78 is 0. The third-order valence-electron chi connectivity index (χ3n) is 3.50. The molecule has 70 valence electrons. The van der Waals surface area contributed by atoms with Gasteiger partial charge in [0.2, 0.25) is 0 Å². The van der Waals surface area contributed by atoms with Gasteiger partial charge in [-0.05, 0) is 31.7 Å². The summed E-state index contributed by atoms with van der Waals surface area (Å²) >= 11 is 5.77. The van der Waals surface area contributed by atoms with Gasteiger partial charge in [0.15, 0.2) is 0 Å². The van der Waals surface area contributed by atoms with Crippen LogP contribution in [0.5, 0.6) is 0 Å². The summed E-state index contributed by atoms with van der Waals surface area (Å²) in [5.74, 6) is 1.82. The second-order valence-corrected chi connectivity index (χ2v) is 4.50. The molecule has 1 heterocycles. The molecule has 1 saturated heterocycles. The SMILES string of the molecule is ClCCN1CCC2CCCCC21. The normalized spacial score (nSPS) is 36.8. The van der Waals surface area contributed by atoms with Crippen molar-refractivity contribution in [3.05, 3.63) is 0 Å². The average Bonchev–Trinajstić information content (AvgIpc) is 2.50. The molecular weight excluding hydrogens is 170 g/mol. The number of hydrogen-bond donors (Lipinski definition) is 0. The van der Waals surface area contributed by atoms with Crippen molar-refractivity contribution >= 4 is 11.6 Å². The molecule has 1 saturated carbocycles. The molecule has 0 aromatic rings. The maximum absolute atomic E-state index is 5.77. The summed E-state index contributed by atoms with van der Waals surface area (Å²) in [6.45, 7) is 2.42. The summed E-state index contributed by atoms with van der Waals surface area (Å²) in [6.07, 6.45) is 7.25. The molecule has 1 aliphatic heterocycles. The minimum atomic E-state index is 0.809. The van der Waals surface area contributed by atoms with Gasteiger partial charge in [-0.25, -0.2) is 0 Å². The van der Waals surface area contributed by atoms with E-state index in [0.717, 1.165) is 24.4 Å². The molecule has 0 spiro atoms. The Hall–Kier alpha value is 0.250. The van der Waals surface area contributed by atoms with Crippen LogP contribution in [0.2, 0.25) is 0 Å². The van der Waals surface area contributed by atoms with Crippen LogP contribution in [0.25, 0.3) is 0 Å². The largest absolute Gasteiger partial charge is 0.299 e. The molecule has 0 aromatic carbocycles. The Morgan fingerprint density at radius 1 is 1.17 bits per heavy atom. The third-order valence-corrected chi connectivity index (χ3v) is 3.67. The topological polar surface area (TPSA) is 3.24 Å². The minimum absolute atomic E-state index is 0.809. The highest BCUT2D eigenvalue weighted by Gasteiger charge is 2.34. The molecule has 2 unspecified atom stereocenters. The Morgan fingerprint density at radius 3 is 2.83 bits per heavy atom. The molecule has 12 heavy (non-hydrogen) atoms. The van der Waals surface area contributed by atoms with Crippen LogP contribution in [-0.2, 0) is 0 Å². The molecule has 2 atom stereocenters. The fraction of sp³-hybridized carbons (Fsp3) is 1.00. The van der Waals surface area contributed by atoms with E-state index in [1.54, 1.807) is 0 Å². The maximum Gasteiger partial charge on any atom is 0.0351 e. The zero-order chi connectivity index (χ0) is 8.39. The molecule has 2 heteroatoms.